The van der Waals surface area contributed by atoms with Crippen LogP contribution in [-0.2, 0) is 16.1 Å². The lowest BCUT2D eigenvalue weighted by atomic mass is 9.96. The van der Waals surface area contributed by atoms with E-state index in [1.54, 1.807) is 6.20 Å². The van der Waals surface area contributed by atoms with E-state index in [9.17, 15) is 10.1 Å². The number of nitrogens with one attached hydrogen (secondary N) is 2. The Labute approximate surface area is 225 Å². The van der Waals surface area contributed by atoms with Gasteiger partial charge in [0.25, 0.3) is 0 Å². The average molecular weight is 535 g/mol. The standard InChI is InChI=1S/C28H31FN6O2S/c1-6-35-22-10-9-20(13-19(22)16-31-35)32-26-18(15-30)14-21(29)27(34-26)33-25(23-8-7-11-38-23)17(2)12-24(36)37-28(3,4)5/h7-11,13-14,16-17,25H,6,12H2,1-5H3,(H2,32,33,34)/t17-,25+/m1/s1. The Morgan fingerprint density at radius 3 is 2.71 bits per heavy atom. The molecule has 0 saturated heterocycles. The van der Waals surface area contributed by atoms with E-state index in [0.29, 0.717) is 5.69 Å². The number of thiophene rings is 1. The molecule has 0 aliphatic carbocycles. The molecule has 1 aromatic carbocycles. The van der Waals surface area contributed by atoms with Crippen molar-refractivity contribution in [1.29, 1.82) is 5.26 Å². The lowest BCUT2D eigenvalue weighted by Gasteiger charge is -2.26. The topological polar surface area (TPSA) is 105 Å². The lowest BCUT2D eigenvalue weighted by Crippen LogP contribution is -2.27. The van der Waals surface area contributed by atoms with Gasteiger partial charge in [-0.05, 0) is 69.3 Å². The average Bonchev–Trinajstić information content (AvgIpc) is 3.52. The molecule has 4 rings (SSSR count). The van der Waals surface area contributed by atoms with Crippen LogP contribution < -0.4 is 10.6 Å². The number of hydrogen-bond donors (Lipinski definition) is 2. The quantitative estimate of drug-likeness (QED) is 0.228. The monoisotopic (exact) mass is 534 g/mol. The Morgan fingerprint density at radius 1 is 1.26 bits per heavy atom. The Morgan fingerprint density at radius 2 is 2.05 bits per heavy atom. The fourth-order valence-corrected chi connectivity index (χ4v) is 5.11. The molecule has 3 heterocycles. The predicted molar refractivity (Wildman–Crippen MR) is 148 cm³/mol. The van der Waals surface area contributed by atoms with E-state index < -0.39 is 17.5 Å². The maximum Gasteiger partial charge on any atom is 0.306 e. The van der Waals surface area contributed by atoms with Crippen molar-refractivity contribution in [3.05, 3.63) is 64.2 Å². The van der Waals surface area contributed by atoms with Crippen molar-refractivity contribution in [3.63, 3.8) is 0 Å². The molecule has 38 heavy (non-hydrogen) atoms. The van der Waals surface area contributed by atoms with Crippen molar-refractivity contribution < 1.29 is 13.9 Å². The van der Waals surface area contributed by atoms with E-state index in [0.717, 1.165) is 28.4 Å². The number of carbonyl (C=O) groups excluding carboxylic acids is 1. The molecule has 0 aliphatic heterocycles. The summed E-state index contributed by atoms with van der Waals surface area (Å²) in [6, 6.07) is 12.3. The zero-order valence-electron chi connectivity index (χ0n) is 22.1. The summed E-state index contributed by atoms with van der Waals surface area (Å²) in [6.45, 7) is 10.1. The number of nitrogens with zero attached hydrogens (tertiary/aromatic N) is 4. The minimum Gasteiger partial charge on any atom is -0.460 e. The van der Waals surface area contributed by atoms with Crippen LogP contribution in [0.25, 0.3) is 10.9 Å². The molecule has 2 atom stereocenters. The first-order chi connectivity index (χ1) is 18.1. The zero-order valence-corrected chi connectivity index (χ0v) is 22.9. The van der Waals surface area contributed by atoms with Crippen LogP contribution in [0.2, 0.25) is 0 Å². The molecule has 0 saturated carbocycles. The number of carbonyl (C=O) groups is 1. The third-order valence-corrected chi connectivity index (χ3v) is 6.88. The molecule has 0 fully saturated rings. The second-order valence-electron chi connectivity index (χ2n) is 10.1. The summed E-state index contributed by atoms with van der Waals surface area (Å²) in [5.74, 6) is -0.998. The van der Waals surface area contributed by atoms with Gasteiger partial charge in [0.2, 0.25) is 0 Å². The molecule has 198 valence electrons. The molecule has 2 N–H and O–H groups in total. The largest absolute Gasteiger partial charge is 0.460 e. The maximum absolute atomic E-state index is 15.2. The molecular weight excluding hydrogens is 503 g/mol. The van der Waals surface area contributed by atoms with E-state index in [1.165, 1.54) is 11.3 Å². The van der Waals surface area contributed by atoms with Crippen molar-refractivity contribution in [3.8, 4) is 6.07 Å². The van der Waals surface area contributed by atoms with Crippen molar-refractivity contribution in [2.75, 3.05) is 10.6 Å². The van der Waals surface area contributed by atoms with Crippen molar-refractivity contribution in [1.82, 2.24) is 14.8 Å². The maximum atomic E-state index is 15.2. The van der Waals surface area contributed by atoms with Gasteiger partial charge in [-0.15, -0.1) is 11.3 Å². The van der Waals surface area contributed by atoms with Gasteiger partial charge < -0.3 is 15.4 Å². The van der Waals surface area contributed by atoms with Crippen LogP contribution in [0.4, 0.5) is 21.7 Å². The fourth-order valence-electron chi connectivity index (χ4n) is 4.20. The Kier molecular flexibility index (Phi) is 7.97. The summed E-state index contributed by atoms with van der Waals surface area (Å²) in [7, 11) is 0. The molecule has 0 radical (unpaired) electrons. The van der Waals surface area contributed by atoms with E-state index in [2.05, 4.69) is 20.7 Å². The van der Waals surface area contributed by atoms with Gasteiger partial charge >= 0.3 is 5.97 Å². The summed E-state index contributed by atoms with van der Waals surface area (Å²) in [5.41, 5.74) is 1.17. The van der Waals surface area contributed by atoms with Gasteiger partial charge in [0.15, 0.2) is 17.5 Å². The molecule has 0 amide bonds. The third-order valence-electron chi connectivity index (χ3n) is 5.92. The Hall–Kier alpha value is -3.97. The van der Waals surface area contributed by atoms with Crippen molar-refractivity contribution in [2.24, 2.45) is 5.92 Å². The number of pyridine rings is 1. The summed E-state index contributed by atoms with van der Waals surface area (Å²) in [6.07, 6.45) is 1.92. The number of benzene rings is 1. The number of fused-ring (bicyclic) bond motifs is 1. The molecule has 0 unspecified atom stereocenters. The van der Waals surface area contributed by atoms with Gasteiger partial charge in [0, 0.05) is 22.5 Å². The van der Waals surface area contributed by atoms with E-state index in [1.807, 2.05) is 81.1 Å². The van der Waals surface area contributed by atoms with E-state index in [4.69, 9.17) is 4.74 Å². The van der Waals surface area contributed by atoms with Gasteiger partial charge in [-0.3, -0.25) is 9.48 Å². The van der Waals surface area contributed by atoms with Gasteiger partial charge in [-0.25, -0.2) is 9.37 Å². The van der Waals surface area contributed by atoms with Crippen LogP contribution >= 0.6 is 11.3 Å². The van der Waals surface area contributed by atoms with Gasteiger partial charge in [-0.2, -0.15) is 10.4 Å². The van der Waals surface area contributed by atoms with Gasteiger partial charge in [-0.1, -0.05) is 13.0 Å². The first kappa shape index (κ1) is 27.1. The van der Waals surface area contributed by atoms with Crippen molar-refractivity contribution >= 4 is 45.5 Å². The van der Waals surface area contributed by atoms with Gasteiger partial charge in [0.1, 0.15) is 11.7 Å². The van der Waals surface area contributed by atoms with Crippen LogP contribution in [0, 0.1) is 23.1 Å². The molecule has 10 heteroatoms. The van der Waals surface area contributed by atoms with Crippen LogP contribution in [0.15, 0.2) is 48.0 Å². The molecule has 0 bridgehead atoms. The number of halogens is 1. The number of aryl methyl sites for hydroxylation is 1. The highest BCUT2D eigenvalue weighted by atomic mass is 32.1. The van der Waals surface area contributed by atoms with E-state index in [-0.39, 0.29) is 35.5 Å². The smallest absolute Gasteiger partial charge is 0.306 e. The molecule has 0 spiro atoms. The van der Waals surface area contributed by atoms with E-state index >= 15 is 4.39 Å². The Bertz CT molecular complexity index is 1470. The first-order valence-electron chi connectivity index (χ1n) is 12.4. The highest BCUT2D eigenvalue weighted by Gasteiger charge is 2.27. The molecule has 8 nitrogen and oxygen atoms in total. The Balaban J connectivity index is 1.62. The number of esters is 1. The SMILES string of the molecule is CCn1ncc2cc(Nc3nc(N[C@H](c4cccs4)[C@H](C)CC(=O)OC(C)(C)C)c(F)cc3C#N)ccc21. The summed E-state index contributed by atoms with van der Waals surface area (Å²) in [5, 5.41) is 23.2. The minimum atomic E-state index is -0.655. The molecular formula is C28H31FN6O2S. The number of anilines is 3. The summed E-state index contributed by atoms with van der Waals surface area (Å²) in [4.78, 5) is 17.9. The second kappa shape index (κ2) is 11.2. The van der Waals surface area contributed by atoms with Crippen LogP contribution in [0.1, 0.15) is 57.5 Å². The zero-order chi connectivity index (χ0) is 27.4. The lowest BCUT2D eigenvalue weighted by molar-refractivity contribution is -0.155. The predicted octanol–water partition coefficient (Wildman–Crippen LogP) is 6.79. The fraction of sp³-hybridized carbons (Fsp3) is 0.357. The summed E-state index contributed by atoms with van der Waals surface area (Å²) >= 11 is 1.50. The number of aromatic nitrogens is 3. The van der Waals surface area contributed by atoms with Crippen LogP contribution in [0.5, 0.6) is 0 Å². The highest BCUT2D eigenvalue weighted by Crippen LogP contribution is 2.34. The van der Waals surface area contributed by atoms with Crippen LogP contribution in [-0.4, -0.2) is 26.3 Å². The normalized spacial score (nSPS) is 13.1. The molecule has 4 aromatic rings. The third kappa shape index (κ3) is 6.29. The number of rotatable bonds is 9. The number of hydrogen-bond acceptors (Lipinski definition) is 8. The first-order valence-corrected chi connectivity index (χ1v) is 13.3. The highest BCUT2D eigenvalue weighted by molar-refractivity contribution is 7.10. The molecule has 3 aromatic heterocycles. The van der Waals surface area contributed by atoms with Crippen molar-refractivity contribution in [2.45, 2.75) is 59.2 Å². The minimum absolute atomic E-state index is 0.0131. The number of ether oxygens (including phenoxy) is 1. The number of nitriles is 1. The second-order valence-corrected chi connectivity index (χ2v) is 11.1. The van der Waals surface area contributed by atoms with Crippen LogP contribution in [0.3, 0.4) is 0 Å². The molecule has 0 aliphatic rings. The summed E-state index contributed by atoms with van der Waals surface area (Å²) < 4.78 is 22.5. The van der Waals surface area contributed by atoms with Gasteiger partial charge in [0.05, 0.1) is 29.7 Å².